The van der Waals surface area contributed by atoms with Crippen molar-refractivity contribution in [2.75, 3.05) is 19.6 Å². The number of benzene rings is 1. The van der Waals surface area contributed by atoms with Crippen molar-refractivity contribution in [1.29, 1.82) is 0 Å². The molecule has 1 aromatic rings. The first-order chi connectivity index (χ1) is 10.1. The molecule has 114 valence electrons. The van der Waals surface area contributed by atoms with Gasteiger partial charge in [0.15, 0.2) is 5.78 Å². The first-order valence-electron chi connectivity index (χ1n) is 8.47. The van der Waals surface area contributed by atoms with Gasteiger partial charge in [0.2, 0.25) is 0 Å². The fourth-order valence-electron chi connectivity index (χ4n) is 2.88. The van der Waals surface area contributed by atoms with Gasteiger partial charge in [-0.25, -0.2) is 0 Å². The van der Waals surface area contributed by atoms with Crippen LogP contribution in [0.4, 0.5) is 0 Å². The van der Waals surface area contributed by atoms with Gasteiger partial charge in [0.1, 0.15) is 0 Å². The fourth-order valence-corrected chi connectivity index (χ4v) is 2.88. The molecule has 2 nitrogen and oxygen atoms in total. The summed E-state index contributed by atoms with van der Waals surface area (Å²) < 4.78 is 0. The van der Waals surface area contributed by atoms with E-state index in [2.05, 4.69) is 30.9 Å². The van der Waals surface area contributed by atoms with Gasteiger partial charge in [0.25, 0.3) is 0 Å². The molecule has 1 aromatic carbocycles. The summed E-state index contributed by atoms with van der Waals surface area (Å²) in [4.78, 5) is 14.9. The molecule has 2 heteroatoms. The van der Waals surface area contributed by atoms with Crippen LogP contribution in [0.25, 0.3) is 0 Å². The normalized spacial score (nSPS) is 18.5. The maximum Gasteiger partial charge on any atom is 0.176 e. The van der Waals surface area contributed by atoms with Gasteiger partial charge in [-0.3, -0.25) is 9.69 Å². The molecule has 0 amide bonds. The summed E-state index contributed by atoms with van der Waals surface area (Å²) in [5.41, 5.74) is 2.18. The van der Waals surface area contributed by atoms with Gasteiger partial charge in [-0.05, 0) is 49.0 Å². The number of rotatable bonds is 8. The van der Waals surface area contributed by atoms with Gasteiger partial charge in [0, 0.05) is 18.7 Å². The summed E-state index contributed by atoms with van der Waals surface area (Å²) in [6.45, 7) is 7.24. The number of hydrogen-bond acceptors (Lipinski definition) is 2. The van der Waals surface area contributed by atoms with Crippen LogP contribution in [0, 0.1) is 11.8 Å². The molecule has 0 heterocycles. The Labute approximate surface area is 128 Å². The van der Waals surface area contributed by atoms with Crippen molar-refractivity contribution in [3.8, 4) is 0 Å². The highest BCUT2D eigenvalue weighted by Crippen LogP contribution is 2.33. The van der Waals surface area contributed by atoms with Crippen molar-refractivity contribution in [3.63, 3.8) is 0 Å². The zero-order valence-corrected chi connectivity index (χ0v) is 13.3. The summed E-state index contributed by atoms with van der Waals surface area (Å²) in [6, 6.07) is 8.21. The van der Waals surface area contributed by atoms with Crippen LogP contribution >= 0.6 is 0 Å². The molecule has 2 aliphatic rings. The molecule has 0 saturated heterocycles. The van der Waals surface area contributed by atoms with Gasteiger partial charge >= 0.3 is 0 Å². The summed E-state index contributed by atoms with van der Waals surface area (Å²) in [6.07, 6.45) is 5.44. The van der Waals surface area contributed by atoms with Crippen molar-refractivity contribution >= 4 is 5.78 Å². The van der Waals surface area contributed by atoms with E-state index in [1.54, 1.807) is 0 Å². The highest BCUT2D eigenvalue weighted by atomic mass is 16.1. The lowest BCUT2D eigenvalue weighted by atomic mass is 10.0. The Hall–Kier alpha value is -1.15. The minimum atomic E-state index is 0.284. The molecule has 0 spiro atoms. The Morgan fingerprint density at radius 2 is 1.57 bits per heavy atom. The van der Waals surface area contributed by atoms with Gasteiger partial charge in [-0.15, -0.1) is 0 Å². The zero-order valence-electron chi connectivity index (χ0n) is 13.3. The van der Waals surface area contributed by atoms with E-state index < -0.39 is 0 Å². The molecule has 0 unspecified atom stereocenters. The van der Waals surface area contributed by atoms with Crippen LogP contribution in [-0.4, -0.2) is 30.3 Å². The van der Waals surface area contributed by atoms with Crippen LogP contribution in [-0.2, 0) is 0 Å². The summed E-state index contributed by atoms with van der Waals surface area (Å²) in [7, 11) is 0. The van der Waals surface area contributed by atoms with Crippen LogP contribution in [0.5, 0.6) is 0 Å². The molecule has 21 heavy (non-hydrogen) atoms. The highest BCUT2D eigenvalue weighted by molar-refractivity contribution is 5.97. The largest absolute Gasteiger partial charge is 0.295 e. The van der Waals surface area contributed by atoms with E-state index >= 15 is 0 Å². The SMILES string of the molecule is CC(C)c1ccc(C(=O)CN(CC2CC2)CC2CC2)cc1. The fraction of sp³-hybridized carbons (Fsp3) is 0.632. The lowest BCUT2D eigenvalue weighted by Crippen LogP contribution is -2.33. The van der Waals surface area contributed by atoms with E-state index in [4.69, 9.17) is 0 Å². The number of Topliss-reactive ketones (excluding diaryl/α,β-unsaturated/α-hetero) is 1. The first-order valence-corrected chi connectivity index (χ1v) is 8.47. The Balaban J connectivity index is 1.59. The zero-order chi connectivity index (χ0) is 14.8. The van der Waals surface area contributed by atoms with E-state index in [0.29, 0.717) is 12.5 Å². The minimum absolute atomic E-state index is 0.284. The number of carbonyl (C=O) groups is 1. The van der Waals surface area contributed by atoms with Crippen molar-refractivity contribution in [2.24, 2.45) is 11.8 Å². The summed E-state index contributed by atoms with van der Waals surface area (Å²) >= 11 is 0. The second-order valence-electron chi connectivity index (χ2n) is 7.28. The predicted octanol–water partition coefficient (Wildman–Crippen LogP) is 4.11. The third-order valence-corrected chi connectivity index (χ3v) is 4.69. The minimum Gasteiger partial charge on any atom is -0.295 e. The molecular weight excluding hydrogens is 258 g/mol. The van der Waals surface area contributed by atoms with E-state index in [-0.39, 0.29) is 5.78 Å². The number of ketones is 1. The van der Waals surface area contributed by atoms with E-state index in [0.717, 1.165) is 30.5 Å². The number of carbonyl (C=O) groups excluding carboxylic acids is 1. The Morgan fingerprint density at radius 3 is 2.00 bits per heavy atom. The molecule has 0 atom stereocenters. The van der Waals surface area contributed by atoms with Crippen LogP contribution in [0.2, 0.25) is 0 Å². The smallest absolute Gasteiger partial charge is 0.176 e. The second-order valence-corrected chi connectivity index (χ2v) is 7.28. The van der Waals surface area contributed by atoms with Crippen LogP contribution in [0.15, 0.2) is 24.3 Å². The Morgan fingerprint density at radius 1 is 1.05 bits per heavy atom. The van der Waals surface area contributed by atoms with Crippen molar-refractivity contribution in [1.82, 2.24) is 4.90 Å². The molecule has 0 aliphatic heterocycles. The van der Waals surface area contributed by atoms with Crippen LogP contribution in [0.1, 0.15) is 61.4 Å². The highest BCUT2D eigenvalue weighted by Gasteiger charge is 2.30. The molecule has 2 saturated carbocycles. The maximum absolute atomic E-state index is 12.5. The third-order valence-electron chi connectivity index (χ3n) is 4.69. The van der Waals surface area contributed by atoms with Crippen LogP contribution < -0.4 is 0 Å². The van der Waals surface area contributed by atoms with E-state index in [1.165, 1.54) is 31.2 Å². The first kappa shape index (κ1) is 14.8. The molecule has 0 radical (unpaired) electrons. The molecule has 0 N–H and O–H groups in total. The third kappa shape index (κ3) is 4.41. The average molecular weight is 285 g/mol. The Bertz CT molecular complexity index is 469. The van der Waals surface area contributed by atoms with Gasteiger partial charge < -0.3 is 0 Å². The quantitative estimate of drug-likeness (QED) is 0.670. The van der Waals surface area contributed by atoms with Gasteiger partial charge in [-0.1, -0.05) is 38.1 Å². The average Bonchev–Trinajstić information content (AvgIpc) is 3.35. The molecular formula is C19H27NO. The van der Waals surface area contributed by atoms with Crippen LogP contribution in [0.3, 0.4) is 0 Å². The van der Waals surface area contributed by atoms with Crippen molar-refractivity contribution < 1.29 is 4.79 Å². The number of nitrogens with zero attached hydrogens (tertiary/aromatic N) is 1. The molecule has 0 bridgehead atoms. The van der Waals surface area contributed by atoms with Gasteiger partial charge in [-0.2, -0.15) is 0 Å². The van der Waals surface area contributed by atoms with Crippen molar-refractivity contribution in [2.45, 2.75) is 45.4 Å². The van der Waals surface area contributed by atoms with Crippen molar-refractivity contribution in [3.05, 3.63) is 35.4 Å². The van der Waals surface area contributed by atoms with E-state index in [9.17, 15) is 4.79 Å². The molecule has 2 aliphatic carbocycles. The predicted molar refractivity (Wildman–Crippen MR) is 86.7 cm³/mol. The lowest BCUT2D eigenvalue weighted by Gasteiger charge is -2.21. The van der Waals surface area contributed by atoms with Gasteiger partial charge in [0.05, 0.1) is 6.54 Å². The molecule has 3 rings (SSSR count). The van der Waals surface area contributed by atoms with E-state index in [1.807, 2.05) is 12.1 Å². The molecule has 0 aromatic heterocycles. The summed E-state index contributed by atoms with van der Waals surface area (Å²) in [5.74, 6) is 2.53. The molecule has 2 fully saturated rings. The number of hydrogen-bond donors (Lipinski definition) is 0. The maximum atomic E-state index is 12.5. The Kier molecular flexibility index (Phi) is 4.44. The summed E-state index contributed by atoms with van der Waals surface area (Å²) in [5, 5.41) is 0. The lowest BCUT2D eigenvalue weighted by molar-refractivity contribution is 0.0924. The monoisotopic (exact) mass is 285 g/mol. The standard InChI is InChI=1S/C19H27NO/c1-14(2)17-7-9-18(10-8-17)19(21)13-20(11-15-3-4-15)12-16-5-6-16/h7-10,14-16H,3-6,11-13H2,1-2H3. The topological polar surface area (TPSA) is 20.3 Å². The second kappa shape index (κ2) is 6.31.